The summed E-state index contributed by atoms with van der Waals surface area (Å²) in [5.74, 6) is 0.0862. The van der Waals surface area contributed by atoms with Crippen molar-refractivity contribution in [3.8, 4) is 0 Å². The van der Waals surface area contributed by atoms with Crippen LogP contribution in [-0.4, -0.2) is 32.3 Å². The molecule has 3 rings (SSSR count). The summed E-state index contributed by atoms with van der Waals surface area (Å²) in [6, 6.07) is 15.2. The van der Waals surface area contributed by atoms with E-state index in [1.165, 1.54) is 11.3 Å². The van der Waals surface area contributed by atoms with Crippen LogP contribution in [0.3, 0.4) is 0 Å². The minimum absolute atomic E-state index is 0.0236. The molecule has 1 aromatic heterocycles. The molecule has 5 heteroatoms. The molecule has 0 aliphatic heterocycles. The third-order valence-corrected chi connectivity index (χ3v) is 7.20. The van der Waals surface area contributed by atoms with Crippen LogP contribution in [0.25, 0.3) is 0 Å². The second-order valence-electron chi connectivity index (χ2n) is 5.37. The van der Waals surface area contributed by atoms with Crippen LogP contribution in [0.4, 0.5) is 0 Å². The van der Waals surface area contributed by atoms with E-state index < -0.39 is 0 Å². The first-order chi connectivity index (χ1) is 11.5. The molecule has 0 saturated heterocycles. The van der Waals surface area contributed by atoms with Gasteiger partial charge in [0.15, 0.2) is 0 Å². The maximum absolute atomic E-state index is 12.6. The molecule has 24 heavy (non-hydrogen) atoms. The molecular formula is C19H15AsNO2S. The van der Waals surface area contributed by atoms with Crippen LogP contribution in [0.2, 0.25) is 0 Å². The molecule has 119 valence electrons. The zero-order valence-electron chi connectivity index (χ0n) is 13.3. The summed E-state index contributed by atoms with van der Waals surface area (Å²) in [7, 11) is 0. The van der Waals surface area contributed by atoms with E-state index in [9.17, 15) is 9.59 Å². The molecule has 0 aliphatic rings. The number of hydrogen-bond acceptors (Lipinski definition) is 4. The molecule has 1 radical (unpaired) electrons. The fraction of sp³-hybridized carbons (Fsp3) is 0.105. The first-order valence-corrected chi connectivity index (χ1v) is 10.1. The summed E-state index contributed by atoms with van der Waals surface area (Å²) >= 11 is 1.12. The Morgan fingerprint density at radius 2 is 1.88 bits per heavy atom. The van der Waals surface area contributed by atoms with Gasteiger partial charge in [0.25, 0.3) is 0 Å². The van der Waals surface area contributed by atoms with Gasteiger partial charge in [-0.2, -0.15) is 0 Å². The Morgan fingerprint density at radius 1 is 1.08 bits per heavy atom. The molecular weight excluding hydrogens is 381 g/mol. The van der Waals surface area contributed by atoms with Gasteiger partial charge in [-0.15, -0.1) is 0 Å². The van der Waals surface area contributed by atoms with Gasteiger partial charge >= 0.3 is 152 Å². The molecule has 0 spiro atoms. The van der Waals surface area contributed by atoms with Crippen LogP contribution >= 0.6 is 11.3 Å². The van der Waals surface area contributed by atoms with Crippen molar-refractivity contribution in [3.63, 3.8) is 0 Å². The predicted octanol–water partition coefficient (Wildman–Crippen LogP) is 2.54. The van der Waals surface area contributed by atoms with Crippen molar-refractivity contribution in [2.24, 2.45) is 0 Å². The van der Waals surface area contributed by atoms with Crippen molar-refractivity contribution >= 4 is 46.8 Å². The normalized spacial score (nSPS) is 11.1. The predicted molar refractivity (Wildman–Crippen MR) is 98.2 cm³/mol. The average Bonchev–Trinajstić information content (AvgIpc) is 3.03. The zero-order valence-corrected chi connectivity index (χ0v) is 16.0. The van der Waals surface area contributed by atoms with Gasteiger partial charge in [0.1, 0.15) is 0 Å². The van der Waals surface area contributed by atoms with Gasteiger partial charge < -0.3 is 0 Å². The van der Waals surface area contributed by atoms with Crippen molar-refractivity contribution in [1.82, 2.24) is 4.98 Å². The summed E-state index contributed by atoms with van der Waals surface area (Å²) in [5, 5.41) is 0. The monoisotopic (exact) mass is 396 g/mol. The summed E-state index contributed by atoms with van der Waals surface area (Å²) in [6.07, 6.45) is 1.67. The molecule has 0 saturated carbocycles. The molecule has 0 aliphatic carbocycles. The molecule has 1 heterocycles. The van der Waals surface area contributed by atoms with E-state index in [0.717, 1.165) is 24.8 Å². The standard InChI is InChI=1S/C19H15AsNO2S/c1-12-6-3-4-9-16(12)18(23)17-11-21-19(24-17)20-15-8-5-7-14(10-15)13(2)22/h3-11H,1-2H3. The Morgan fingerprint density at radius 3 is 2.62 bits per heavy atom. The van der Waals surface area contributed by atoms with Gasteiger partial charge in [0, 0.05) is 0 Å². The van der Waals surface area contributed by atoms with Gasteiger partial charge in [0.2, 0.25) is 0 Å². The molecule has 0 unspecified atom stereocenters. The van der Waals surface area contributed by atoms with Crippen molar-refractivity contribution < 1.29 is 9.59 Å². The summed E-state index contributed by atoms with van der Waals surface area (Å²) < 4.78 is 2.08. The number of aryl methyl sites for hydroxylation is 1. The number of carbonyl (C=O) groups is 2. The number of carbonyl (C=O) groups excluding carboxylic acids is 2. The Kier molecular flexibility index (Phi) is 5.08. The van der Waals surface area contributed by atoms with E-state index in [-0.39, 0.29) is 27.3 Å². The van der Waals surface area contributed by atoms with Crippen molar-refractivity contribution in [3.05, 3.63) is 76.3 Å². The SMILES string of the molecule is CC(=O)c1cccc([As]c2ncc(C(=O)c3ccccc3C)s2)c1. The number of ketones is 2. The average molecular weight is 396 g/mol. The van der Waals surface area contributed by atoms with Crippen LogP contribution in [-0.2, 0) is 0 Å². The van der Waals surface area contributed by atoms with Crippen molar-refractivity contribution in [2.45, 2.75) is 13.8 Å². The second kappa shape index (κ2) is 7.25. The summed E-state index contributed by atoms with van der Waals surface area (Å²) in [5.41, 5.74) is 2.41. The third-order valence-electron chi connectivity index (χ3n) is 3.58. The van der Waals surface area contributed by atoms with Crippen molar-refractivity contribution in [1.29, 1.82) is 0 Å². The number of hydrogen-bond donors (Lipinski definition) is 0. The van der Waals surface area contributed by atoms with Gasteiger partial charge in [-0.05, 0) is 0 Å². The number of benzene rings is 2. The quantitative estimate of drug-likeness (QED) is 0.492. The van der Waals surface area contributed by atoms with E-state index in [4.69, 9.17) is 0 Å². The van der Waals surface area contributed by atoms with E-state index >= 15 is 0 Å². The van der Waals surface area contributed by atoms with Crippen LogP contribution in [0.1, 0.15) is 38.1 Å². The fourth-order valence-electron chi connectivity index (χ4n) is 2.29. The zero-order chi connectivity index (χ0) is 17.1. The molecule has 0 amide bonds. The molecule has 0 bridgehead atoms. The van der Waals surface area contributed by atoms with Crippen LogP contribution in [0, 0.1) is 6.92 Å². The van der Waals surface area contributed by atoms with E-state index in [0.29, 0.717) is 4.88 Å². The van der Waals surface area contributed by atoms with Crippen LogP contribution in [0.15, 0.2) is 54.7 Å². The van der Waals surface area contributed by atoms with Gasteiger partial charge in [-0.1, -0.05) is 0 Å². The number of nitrogens with zero attached hydrogens (tertiary/aromatic N) is 1. The first kappa shape index (κ1) is 16.8. The number of rotatable bonds is 5. The molecule has 0 fully saturated rings. The summed E-state index contributed by atoms with van der Waals surface area (Å²) in [4.78, 5) is 29.2. The fourth-order valence-corrected chi connectivity index (χ4v) is 5.87. The molecule has 2 aromatic carbocycles. The maximum atomic E-state index is 12.6. The van der Waals surface area contributed by atoms with Crippen molar-refractivity contribution in [2.75, 3.05) is 0 Å². The Balaban J connectivity index is 1.81. The number of Topliss-reactive ketones (excluding diaryl/α,β-unsaturated/α-hetero) is 1. The van der Waals surface area contributed by atoms with E-state index in [1.54, 1.807) is 13.1 Å². The van der Waals surface area contributed by atoms with Crippen LogP contribution < -0.4 is 8.15 Å². The minimum atomic E-state index is -0.329. The molecule has 3 aromatic rings. The molecule has 0 N–H and O–H groups in total. The van der Waals surface area contributed by atoms with E-state index in [1.807, 2.05) is 55.5 Å². The molecule has 0 atom stereocenters. The summed E-state index contributed by atoms with van der Waals surface area (Å²) in [6.45, 7) is 3.51. The van der Waals surface area contributed by atoms with E-state index in [2.05, 4.69) is 4.98 Å². The Labute approximate surface area is 151 Å². The topological polar surface area (TPSA) is 47.0 Å². The molecule has 3 nitrogen and oxygen atoms in total. The number of thiazole rings is 1. The Hall–Kier alpha value is -2.03. The number of aromatic nitrogens is 1. The third kappa shape index (κ3) is 3.72. The van der Waals surface area contributed by atoms with Gasteiger partial charge in [-0.3, -0.25) is 0 Å². The second-order valence-corrected chi connectivity index (χ2v) is 9.50. The first-order valence-electron chi connectivity index (χ1n) is 7.43. The van der Waals surface area contributed by atoms with Crippen LogP contribution in [0.5, 0.6) is 0 Å². The van der Waals surface area contributed by atoms with Gasteiger partial charge in [0.05, 0.1) is 0 Å². The Bertz CT molecular complexity index is 917. The van der Waals surface area contributed by atoms with Gasteiger partial charge in [-0.25, -0.2) is 0 Å².